The fraction of sp³-hybridized carbons (Fsp3) is 0.167. The van der Waals surface area contributed by atoms with E-state index in [1.165, 1.54) is 22.9 Å². The summed E-state index contributed by atoms with van der Waals surface area (Å²) in [5, 5.41) is 3.43. The van der Waals surface area contributed by atoms with Crippen LogP contribution in [-0.2, 0) is 11.2 Å². The van der Waals surface area contributed by atoms with Crippen molar-refractivity contribution in [3.8, 4) is 11.3 Å². The van der Waals surface area contributed by atoms with E-state index in [1.54, 1.807) is 11.3 Å². The Labute approximate surface area is 97.1 Å². The summed E-state index contributed by atoms with van der Waals surface area (Å²) in [6.45, 7) is 1.50. The maximum atomic E-state index is 10.9. The predicted molar refractivity (Wildman–Crippen MR) is 64.7 cm³/mol. The molecule has 0 unspecified atom stereocenters. The number of anilines is 1. The van der Waals surface area contributed by atoms with Gasteiger partial charge in [-0.3, -0.25) is 4.79 Å². The first-order valence-corrected chi connectivity index (χ1v) is 5.91. The molecule has 1 heterocycles. The van der Waals surface area contributed by atoms with Crippen LogP contribution in [0.15, 0.2) is 24.3 Å². The van der Waals surface area contributed by atoms with Gasteiger partial charge in [-0.2, -0.15) is 0 Å². The van der Waals surface area contributed by atoms with E-state index in [9.17, 15) is 4.79 Å². The van der Waals surface area contributed by atoms with E-state index in [0.29, 0.717) is 5.13 Å². The Kier molecular flexibility index (Phi) is 2.04. The van der Waals surface area contributed by atoms with Crippen molar-refractivity contribution in [1.29, 1.82) is 0 Å². The summed E-state index contributed by atoms with van der Waals surface area (Å²) < 4.78 is 0. The summed E-state index contributed by atoms with van der Waals surface area (Å²) in [7, 11) is 0. The molecule has 1 N–H and O–H groups in total. The van der Waals surface area contributed by atoms with Crippen molar-refractivity contribution in [2.24, 2.45) is 0 Å². The monoisotopic (exact) mass is 230 g/mol. The van der Waals surface area contributed by atoms with Gasteiger partial charge in [0.05, 0.1) is 5.69 Å². The van der Waals surface area contributed by atoms with Gasteiger partial charge in [0.25, 0.3) is 0 Å². The van der Waals surface area contributed by atoms with E-state index < -0.39 is 0 Å². The normalized spacial score (nSPS) is 12.1. The fourth-order valence-corrected chi connectivity index (χ4v) is 3.01. The zero-order valence-corrected chi connectivity index (χ0v) is 9.60. The second-order valence-electron chi connectivity index (χ2n) is 3.81. The topological polar surface area (TPSA) is 42.0 Å². The zero-order chi connectivity index (χ0) is 11.1. The highest BCUT2D eigenvalue weighted by Gasteiger charge is 2.22. The standard InChI is InChI=1S/C12H10N2OS/c1-7(15)13-12-14-11-9-5-3-2-4-8(9)6-10(11)16-12/h2-5H,6H2,1H3,(H,13,14,15). The van der Waals surface area contributed by atoms with Gasteiger partial charge in [-0.1, -0.05) is 24.3 Å². The molecule has 1 amide bonds. The minimum Gasteiger partial charge on any atom is -0.302 e. The third kappa shape index (κ3) is 1.42. The first kappa shape index (κ1) is 9.54. The second-order valence-corrected chi connectivity index (χ2v) is 4.89. The van der Waals surface area contributed by atoms with Gasteiger partial charge >= 0.3 is 0 Å². The third-order valence-electron chi connectivity index (χ3n) is 2.60. The molecular weight excluding hydrogens is 220 g/mol. The smallest absolute Gasteiger partial charge is 0.223 e. The highest BCUT2D eigenvalue weighted by atomic mass is 32.1. The van der Waals surface area contributed by atoms with E-state index in [4.69, 9.17) is 0 Å². The molecule has 0 spiro atoms. The number of hydrogen-bond donors (Lipinski definition) is 1. The van der Waals surface area contributed by atoms with Gasteiger partial charge < -0.3 is 5.32 Å². The van der Waals surface area contributed by atoms with Crippen LogP contribution >= 0.6 is 11.3 Å². The van der Waals surface area contributed by atoms with Crippen LogP contribution in [-0.4, -0.2) is 10.9 Å². The van der Waals surface area contributed by atoms with Crippen LogP contribution in [0.2, 0.25) is 0 Å². The number of hydrogen-bond acceptors (Lipinski definition) is 3. The number of benzene rings is 1. The number of carbonyl (C=O) groups is 1. The summed E-state index contributed by atoms with van der Waals surface area (Å²) in [5.41, 5.74) is 3.56. The molecule has 1 aliphatic carbocycles. The van der Waals surface area contributed by atoms with Gasteiger partial charge in [-0.05, 0) is 5.56 Å². The SMILES string of the molecule is CC(=O)Nc1nc2c(s1)Cc1ccccc1-2. The molecule has 1 aliphatic rings. The van der Waals surface area contributed by atoms with Crippen molar-refractivity contribution in [3.05, 3.63) is 34.7 Å². The predicted octanol–water partition coefficient (Wildman–Crippen LogP) is 2.67. The molecule has 3 nitrogen and oxygen atoms in total. The van der Waals surface area contributed by atoms with Crippen molar-refractivity contribution < 1.29 is 4.79 Å². The molecule has 3 rings (SSSR count). The Morgan fingerprint density at radius 1 is 1.44 bits per heavy atom. The van der Waals surface area contributed by atoms with Crippen molar-refractivity contribution >= 4 is 22.4 Å². The Hall–Kier alpha value is -1.68. The maximum Gasteiger partial charge on any atom is 0.223 e. The summed E-state index contributed by atoms with van der Waals surface area (Å²) in [6, 6.07) is 8.27. The molecule has 0 bridgehead atoms. The van der Waals surface area contributed by atoms with Gasteiger partial charge in [-0.15, -0.1) is 11.3 Å². The first-order chi connectivity index (χ1) is 7.74. The number of carbonyl (C=O) groups excluding carboxylic acids is 1. The van der Waals surface area contributed by atoms with Crippen LogP contribution in [0.3, 0.4) is 0 Å². The number of rotatable bonds is 1. The van der Waals surface area contributed by atoms with Crippen LogP contribution in [0.25, 0.3) is 11.3 Å². The van der Waals surface area contributed by atoms with Crippen LogP contribution < -0.4 is 5.32 Å². The Morgan fingerprint density at radius 2 is 2.25 bits per heavy atom. The van der Waals surface area contributed by atoms with Gasteiger partial charge in [0.1, 0.15) is 0 Å². The Morgan fingerprint density at radius 3 is 3.06 bits per heavy atom. The molecule has 0 saturated carbocycles. The van der Waals surface area contributed by atoms with Crippen LogP contribution in [0.5, 0.6) is 0 Å². The van der Waals surface area contributed by atoms with Crippen molar-refractivity contribution in [2.75, 3.05) is 5.32 Å². The number of nitrogens with one attached hydrogen (secondary N) is 1. The quantitative estimate of drug-likeness (QED) is 0.698. The van der Waals surface area contributed by atoms with Crippen LogP contribution in [0, 0.1) is 0 Å². The fourth-order valence-electron chi connectivity index (χ4n) is 1.96. The average Bonchev–Trinajstić information content (AvgIpc) is 2.73. The Balaban J connectivity index is 2.04. The minimum atomic E-state index is -0.0688. The van der Waals surface area contributed by atoms with E-state index in [1.807, 2.05) is 12.1 Å². The number of nitrogens with zero attached hydrogens (tertiary/aromatic N) is 1. The lowest BCUT2D eigenvalue weighted by Crippen LogP contribution is -2.05. The minimum absolute atomic E-state index is 0.0688. The highest BCUT2D eigenvalue weighted by Crippen LogP contribution is 2.40. The second kappa shape index (κ2) is 3.42. The van der Waals surface area contributed by atoms with E-state index in [-0.39, 0.29) is 5.91 Å². The molecule has 1 aromatic carbocycles. The molecule has 0 saturated heterocycles. The lowest BCUT2D eigenvalue weighted by atomic mass is 10.1. The van der Waals surface area contributed by atoms with Crippen molar-refractivity contribution in [2.45, 2.75) is 13.3 Å². The molecule has 16 heavy (non-hydrogen) atoms. The molecule has 80 valence electrons. The van der Waals surface area contributed by atoms with Crippen LogP contribution in [0.1, 0.15) is 17.4 Å². The van der Waals surface area contributed by atoms with Crippen LogP contribution in [0.4, 0.5) is 5.13 Å². The van der Waals surface area contributed by atoms with Gasteiger partial charge in [0, 0.05) is 23.8 Å². The third-order valence-corrected chi connectivity index (χ3v) is 3.57. The first-order valence-electron chi connectivity index (χ1n) is 5.09. The van der Waals surface area contributed by atoms with E-state index in [0.717, 1.165) is 12.1 Å². The lowest BCUT2D eigenvalue weighted by molar-refractivity contribution is -0.114. The molecule has 0 atom stereocenters. The maximum absolute atomic E-state index is 10.9. The molecule has 0 radical (unpaired) electrons. The van der Waals surface area contributed by atoms with Gasteiger partial charge in [0.2, 0.25) is 5.91 Å². The number of thiazole rings is 1. The Bertz CT molecular complexity index is 574. The molecule has 0 fully saturated rings. The number of fused-ring (bicyclic) bond motifs is 3. The van der Waals surface area contributed by atoms with E-state index >= 15 is 0 Å². The molecular formula is C12H10N2OS. The van der Waals surface area contributed by atoms with Crippen molar-refractivity contribution in [3.63, 3.8) is 0 Å². The van der Waals surface area contributed by atoms with E-state index in [2.05, 4.69) is 22.4 Å². The number of aromatic nitrogens is 1. The molecule has 2 aromatic rings. The largest absolute Gasteiger partial charge is 0.302 e. The van der Waals surface area contributed by atoms with Gasteiger partial charge in [0.15, 0.2) is 5.13 Å². The molecule has 4 heteroatoms. The highest BCUT2D eigenvalue weighted by molar-refractivity contribution is 7.16. The summed E-state index contributed by atoms with van der Waals surface area (Å²) in [4.78, 5) is 16.6. The lowest BCUT2D eigenvalue weighted by Gasteiger charge is -1.98. The average molecular weight is 230 g/mol. The summed E-state index contributed by atoms with van der Waals surface area (Å²) in [6.07, 6.45) is 0.933. The van der Waals surface area contributed by atoms with Gasteiger partial charge in [-0.25, -0.2) is 4.98 Å². The van der Waals surface area contributed by atoms with Crippen molar-refractivity contribution in [1.82, 2.24) is 4.98 Å². The number of amides is 1. The molecule has 0 aliphatic heterocycles. The summed E-state index contributed by atoms with van der Waals surface area (Å²) in [5.74, 6) is -0.0688. The molecule has 1 aromatic heterocycles. The summed E-state index contributed by atoms with van der Waals surface area (Å²) >= 11 is 1.56. The zero-order valence-electron chi connectivity index (χ0n) is 8.78.